The first-order chi connectivity index (χ1) is 11.7. The van der Waals surface area contributed by atoms with Gasteiger partial charge in [0, 0.05) is 12.4 Å². The molecule has 1 aromatic heterocycles. The number of carbonyl (C=O) groups excluding carboxylic acids is 1. The van der Waals surface area contributed by atoms with Gasteiger partial charge in [-0.15, -0.1) is 0 Å². The zero-order chi connectivity index (χ0) is 17.2. The highest BCUT2D eigenvalue weighted by Gasteiger charge is 2.10. The summed E-state index contributed by atoms with van der Waals surface area (Å²) in [7, 11) is 1.63. The Labute approximate surface area is 141 Å². The first-order valence-corrected chi connectivity index (χ1v) is 7.53. The van der Waals surface area contributed by atoms with Crippen LogP contribution in [0.3, 0.4) is 0 Å². The van der Waals surface area contributed by atoms with E-state index in [0.717, 1.165) is 11.3 Å². The quantitative estimate of drug-likeness (QED) is 0.421. The normalized spacial score (nSPS) is 12.1. The molecule has 0 N–H and O–H groups in total. The van der Waals surface area contributed by atoms with Gasteiger partial charge in [0.2, 0.25) is 0 Å². The molecule has 0 aliphatic rings. The van der Waals surface area contributed by atoms with E-state index in [4.69, 9.17) is 14.2 Å². The summed E-state index contributed by atoms with van der Waals surface area (Å²) >= 11 is 0. The fourth-order valence-electron chi connectivity index (χ4n) is 1.89. The van der Waals surface area contributed by atoms with E-state index in [9.17, 15) is 4.79 Å². The number of ether oxygens (including phenoxy) is 3. The average molecular weight is 328 g/mol. The van der Waals surface area contributed by atoms with Crippen LogP contribution < -0.4 is 4.74 Å². The van der Waals surface area contributed by atoms with Crippen molar-refractivity contribution in [2.24, 2.45) is 0 Å². The minimum atomic E-state index is -0.501. The van der Waals surface area contributed by atoms with Crippen LogP contribution in [0, 0.1) is 0 Å². The second kappa shape index (κ2) is 9.42. The van der Waals surface area contributed by atoms with E-state index in [1.807, 2.05) is 30.3 Å². The first kappa shape index (κ1) is 17.6. The number of rotatable bonds is 8. The standard InChI is InChI=1S/C18H20N2O4/c1-14(24-18(21)17-12-19-9-10-20-17)4-3-11-23-13-15-5-7-16(22-2)8-6-15/h3-10,12,14H,11,13H2,1-2H3/b4-3-. The molecule has 1 atom stereocenters. The van der Waals surface area contributed by atoms with Gasteiger partial charge >= 0.3 is 5.97 Å². The van der Waals surface area contributed by atoms with Crippen molar-refractivity contribution < 1.29 is 19.0 Å². The summed E-state index contributed by atoms with van der Waals surface area (Å²) in [4.78, 5) is 19.5. The van der Waals surface area contributed by atoms with Gasteiger partial charge in [-0.3, -0.25) is 4.98 Å². The number of esters is 1. The largest absolute Gasteiger partial charge is 0.497 e. The van der Waals surface area contributed by atoms with E-state index in [1.54, 1.807) is 20.1 Å². The Morgan fingerprint density at radius 2 is 2.04 bits per heavy atom. The van der Waals surface area contributed by atoms with Crippen LogP contribution in [0.5, 0.6) is 5.75 Å². The van der Waals surface area contributed by atoms with E-state index in [1.165, 1.54) is 18.6 Å². The van der Waals surface area contributed by atoms with Crippen LogP contribution in [0.25, 0.3) is 0 Å². The van der Waals surface area contributed by atoms with E-state index in [2.05, 4.69) is 9.97 Å². The Hall–Kier alpha value is -2.73. The molecule has 0 amide bonds. The van der Waals surface area contributed by atoms with Crippen molar-refractivity contribution in [2.75, 3.05) is 13.7 Å². The number of aromatic nitrogens is 2. The lowest BCUT2D eigenvalue weighted by molar-refractivity contribution is 0.0415. The van der Waals surface area contributed by atoms with Gasteiger partial charge in [-0.2, -0.15) is 0 Å². The van der Waals surface area contributed by atoms with Crippen LogP contribution in [0.1, 0.15) is 23.0 Å². The number of hydrogen-bond acceptors (Lipinski definition) is 6. The Kier molecular flexibility index (Phi) is 6.91. The molecule has 6 heteroatoms. The summed E-state index contributed by atoms with van der Waals surface area (Å²) in [6.07, 6.45) is 7.53. The van der Waals surface area contributed by atoms with Gasteiger partial charge in [0.1, 0.15) is 11.9 Å². The van der Waals surface area contributed by atoms with Crippen molar-refractivity contribution in [1.82, 2.24) is 9.97 Å². The minimum absolute atomic E-state index is 0.188. The summed E-state index contributed by atoms with van der Waals surface area (Å²) in [6, 6.07) is 7.69. The predicted molar refractivity (Wildman–Crippen MR) is 88.7 cm³/mol. The van der Waals surface area contributed by atoms with Crippen LogP contribution in [0.15, 0.2) is 55.0 Å². The summed E-state index contributed by atoms with van der Waals surface area (Å²) in [5.74, 6) is 0.316. The lowest BCUT2D eigenvalue weighted by Gasteiger charge is -2.08. The molecular weight excluding hydrogens is 308 g/mol. The molecule has 0 saturated carbocycles. The van der Waals surface area contributed by atoms with Crippen molar-refractivity contribution >= 4 is 5.97 Å². The van der Waals surface area contributed by atoms with Crippen molar-refractivity contribution in [3.8, 4) is 5.75 Å². The molecule has 0 aliphatic heterocycles. The number of nitrogens with zero attached hydrogens (tertiary/aromatic N) is 2. The van der Waals surface area contributed by atoms with Crippen LogP contribution >= 0.6 is 0 Å². The highest BCUT2D eigenvalue weighted by molar-refractivity contribution is 5.86. The molecule has 126 valence electrons. The number of benzene rings is 1. The molecule has 0 radical (unpaired) electrons. The van der Waals surface area contributed by atoms with Crippen LogP contribution in [-0.2, 0) is 16.1 Å². The Morgan fingerprint density at radius 3 is 2.71 bits per heavy atom. The summed E-state index contributed by atoms with van der Waals surface area (Å²) in [6.45, 7) is 2.70. The monoisotopic (exact) mass is 328 g/mol. The van der Waals surface area contributed by atoms with Gasteiger partial charge in [0.05, 0.1) is 26.5 Å². The molecule has 24 heavy (non-hydrogen) atoms. The topological polar surface area (TPSA) is 70.5 Å². The Morgan fingerprint density at radius 1 is 1.25 bits per heavy atom. The third-order valence-corrected chi connectivity index (χ3v) is 3.11. The summed E-state index contributed by atoms with van der Waals surface area (Å²) in [5, 5.41) is 0. The molecule has 0 saturated heterocycles. The maximum Gasteiger partial charge on any atom is 0.359 e. The number of hydrogen-bond donors (Lipinski definition) is 0. The molecule has 1 aromatic carbocycles. The van der Waals surface area contributed by atoms with Gasteiger partial charge in [0.25, 0.3) is 0 Å². The number of carbonyl (C=O) groups is 1. The summed E-state index contributed by atoms with van der Waals surface area (Å²) < 4.78 is 15.9. The number of methoxy groups -OCH3 is 1. The van der Waals surface area contributed by atoms with Gasteiger partial charge in [-0.25, -0.2) is 9.78 Å². The fraction of sp³-hybridized carbons (Fsp3) is 0.278. The third kappa shape index (κ3) is 5.81. The first-order valence-electron chi connectivity index (χ1n) is 7.53. The van der Waals surface area contributed by atoms with Crippen molar-refractivity contribution in [3.63, 3.8) is 0 Å². The van der Waals surface area contributed by atoms with Crippen molar-refractivity contribution in [3.05, 3.63) is 66.3 Å². The average Bonchev–Trinajstić information content (AvgIpc) is 2.62. The molecular formula is C18H20N2O4. The van der Waals surface area contributed by atoms with Gasteiger partial charge in [-0.05, 0) is 30.7 Å². The smallest absolute Gasteiger partial charge is 0.359 e. The molecule has 0 spiro atoms. The van der Waals surface area contributed by atoms with Crippen LogP contribution in [-0.4, -0.2) is 35.8 Å². The Balaban J connectivity index is 1.68. The van der Waals surface area contributed by atoms with E-state index < -0.39 is 5.97 Å². The molecule has 0 aliphatic carbocycles. The molecule has 0 fully saturated rings. The highest BCUT2D eigenvalue weighted by Crippen LogP contribution is 2.11. The predicted octanol–water partition coefficient (Wildman–Crippen LogP) is 2.80. The SMILES string of the molecule is COc1ccc(COC/C=C\C(C)OC(=O)c2cnccn2)cc1. The lowest BCUT2D eigenvalue weighted by Crippen LogP contribution is -2.14. The highest BCUT2D eigenvalue weighted by atomic mass is 16.5. The third-order valence-electron chi connectivity index (χ3n) is 3.11. The second-order valence-corrected chi connectivity index (χ2v) is 4.99. The Bertz CT molecular complexity index is 656. The van der Waals surface area contributed by atoms with Crippen molar-refractivity contribution in [1.29, 1.82) is 0 Å². The maximum atomic E-state index is 11.8. The van der Waals surface area contributed by atoms with Crippen molar-refractivity contribution in [2.45, 2.75) is 19.6 Å². The zero-order valence-corrected chi connectivity index (χ0v) is 13.7. The zero-order valence-electron chi connectivity index (χ0n) is 13.7. The van der Waals surface area contributed by atoms with Gasteiger partial charge in [-0.1, -0.05) is 18.2 Å². The minimum Gasteiger partial charge on any atom is -0.497 e. The molecule has 2 aromatic rings. The van der Waals surface area contributed by atoms with Gasteiger partial charge in [0.15, 0.2) is 5.69 Å². The lowest BCUT2D eigenvalue weighted by atomic mass is 10.2. The fourth-order valence-corrected chi connectivity index (χ4v) is 1.89. The molecule has 1 heterocycles. The molecule has 6 nitrogen and oxygen atoms in total. The molecule has 0 bridgehead atoms. The van der Waals surface area contributed by atoms with Crippen LogP contribution in [0.4, 0.5) is 0 Å². The molecule has 1 unspecified atom stereocenters. The van der Waals surface area contributed by atoms with Gasteiger partial charge < -0.3 is 14.2 Å². The van der Waals surface area contributed by atoms with Crippen LogP contribution in [0.2, 0.25) is 0 Å². The van der Waals surface area contributed by atoms with E-state index in [0.29, 0.717) is 13.2 Å². The molecule has 2 rings (SSSR count). The second-order valence-electron chi connectivity index (χ2n) is 4.99. The summed E-state index contributed by atoms with van der Waals surface area (Å²) in [5.41, 5.74) is 1.25. The van der Waals surface area contributed by atoms with E-state index in [-0.39, 0.29) is 11.8 Å². The van der Waals surface area contributed by atoms with E-state index >= 15 is 0 Å². The maximum absolute atomic E-state index is 11.8.